The van der Waals surface area contributed by atoms with Gasteiger partial charge in [0, 0.05) is 11.0 Å². The first-order valence-corrected chi connectivity index (χ1v) is 8.45. The van der Waals surface area contributed by atoms with Crippen molar-refractivity contribution in [3.63, 3.8) is 0 Å². The normalized spacial score (nSPS) is 14.7. The number of ether oxygens (including phenoxy) is 2. The molecule has 0 spiro atoms. The Morgan fingerprint density at radius 1 is 1.26 bits per heavy atom. The lowest BCUT2D eigenvalue weighted by Crippen LogP contribution is -2.25. The van der Waals surface area contributed by atoms with Gasteiger partial charge in [-0.2, -0.15) is 0 Å². The fourth-order valence-corrected chi connectivity index (χ4v) is 3.21. The molecule has 4 nitrogen and oxygen atoms in total. The summed E-state index contributed by atoms with van der Waals surface area (Å²) in [5.41, 5.74) is 0.968. The predicted octanol–water partition coefficient (Wildman–Crippen LogP) is 4.06. The Hall–Kier alpha value is -1.98. The zero-order valence-electron chi connectivity index (χ0n) is 12.5. The highest BCUT2D eigenvalue weighted by molar-refractivity contribution is 7.17. The molecule has 0 saturated carbocycles. The molecule has 1 aromatic carbocycles. The predicted molar refractivity (Wildman–Crippen MR) is 92.4 cm³/mol. The van der Waals surface area contributed by atoms with Crippen molar-refractivity contribution < 1.29 is 14.3 Å². The van der Waals surface area contributed by atoms with Crippen LogP contribution in [0.4, 0.5) is 0 Å². The first-order chi connectivity index (χ1) is 11.1. The van der Waals surface area contributed by atoms with Crippen molar-refractivity contribution in [3.05, 3.63) is 51.2 Å². The van der Waals surface area contributed by atoms with E-state index in [1.807, 2.05) is 37.3 Å². The molecule has 6 heteroatoms. The van der Waals surface area contributed by atoms with Gasteiger partial charge in [-0.25, -0.2) is 0 Å². The van der Waals surface area contributed by atoms with Gasteiger partial charge in [-0.1, -0.05) is 17.7 Å². The molecule has 1 atom stereocenters. The van der Waals surface area contributed by atoms with Crippen LogP contribution >= 0.6 is 22.9 Å². The van der Waals surface area contributed by atoms with Crippen molar-refractivity contribution >= 4 is 34.9 Å². The Morgan fingerprint density at radius 3 is 2.78 bits per heavy atom. The molecule has 120 valence electrons. The van der Waals surface area contributed by atoms with Crippen molar-refractivity contribution in [3.8, 4) is 11.5 Å². The van der Waals surface area contributed by atoms with Crippen LogP contribution < -0.4 is 14.8 Å². The highest BCUT2D eigenvalue weighted by atomic mass is 35.5. The number of nitrogens with one attached hydrogen (secondary N) is 1. The molecule has 2 heterocycles. The van der Waals surface area contributed by atoms with Gasteiger partial charge in [-0.05, 0) is 42.8 Å². The van der Waals surface area contributed by atoms with E-state index in [0.29, 0.717) is 17.6 Å². The van der Waals surface area contributed by atoms with E-state index in [9.17, 15) is 4.79 Å². The average molecular weight is 350 g/mol. The van der Waals surface area contributed by atoms with Crippen LogP contribution in [-0.4, -0.2) is 19.1 Å². The second-order valence-electron chi connectivity index (χ2n) is 5.11. The molecular weight excluding hydrogens is 334 g/mol. The number of carbonyl (C=O) groups is 1. The summed E-state index contributed by atoms with van der Waals surface area (Å²) in [6.45, 7) is 3.04. The zero-order chi connectivity index (χ0) is 16.2. The van der Waals surface area contributed by atoms with Crippen LogP contribution in [0.3, 0.4) is 0 Å². The summed E-state index contributed by atoms with van der Waals surface area (Å²) >= 11 is 7.29. The maximum Gasteiger partial charge on any atom is 0.244 e. The summed E-state index contributed by atoms with van der Waals surface area (Å²) in [6.07, 6.45) is 3.26. The Bertz CT molecular complexity index is 741. The van der Waals surface area contributed by atoms with Crippen LogP contribution in [0, 0.1) is 0 Å². The quantitative estimate of drug-likeness (QED) is 0.847. The molecule has 1 unspecified atom stereocenters. The first kappa shape index (κ1) is 15.9. The molecule has 0 saturated heterocycles. The molecule has 1 aromatic heterocycles. The Balaban J connectivity index is 1.63. The second kappa shape index (κ2) is 7.06. The standard InChI is InChI=1S/C17H16ClNO3S/c1-11(12-2-5-14-15(10-12)22-9-8-21-14)19-17(20)7-4-13-3-6-16(18)23-13/h2-7,10-11H,8-9H2,1H3,(H,19,20)/b7-4+. The van der Waals surface area contributed by atoms with Crippen LogP contribution in [0.2, 0.25) is 4.34 Å². The zero-order valence-corrected chi connectivity index (χ0v) is 14.1. The lowest BCUT2D eigenvalue weighted by atomic mass is 10.1. The molecule has 0 bridgehead atoms. The summed E-state index contributed by atoms with van der Waals surface area (Å²) in [4.78, 5) is 13.0. The van der Waals surface area contributed by atoms with Gasteiger partial charge in [0.05, 0.1) is 10.4 Å². The monoisotopic (exact) mass is 349 g/mol. The number of benzene rings is 1. The van der Waals surface area contributed by atoms with Crippen molar-refractivity contribution in [2.75, 3.05) is 13.2 Å². The summed E-state index contributed by atoms with van der Waals surface area (Å²) in [6, 6.07) is 9.26. The molecule has 0 fully saturated rings. The van der Waals surface area contributed by atoms with Gasteiger partial charge in [0.15, 0.2) is 11.5 Å². The molecule has 3 rings (SSSR count). The Labute approximate surface area is 143 Å². The minimum absolute atomic E-state index is 0.130. The van der Waals surface area contributed by atoms with Gasteiger partial charge < -0.3 is 14.8 Å². The first-order valence-electron chi connectivity index (χ1n) is 7.25. The van der Waals surface area contributed by atoms with Gasteiger partial charge in [-0.15, -0.1) is 11.3 Å². The number of rotatable bonds is 4. The van der Waals surface area contributed by atoms with Crippen LogP contribution in [0.5, 0.6) is 11.5 Å². The van der Waals surface area contributed by atoms with Crippen molar-refractivity contribution in [2.45, 2.75) is 13.0 Å². The average Bonchev–Trinajstić information content (AvgIpc) is 2.98. The lowest BCUT2D eigenvalue weighted by molar-refractivity contribution is -0.117. The van der Waals surface area contributed by atoms with Crippen molar-refractivity contribution in [2.24, 2.45) is 0 Å². The minimum atomic E-state index is -0.156. The molecule has 1 aliphatic heterocycles. The molecule has 1 aliphatic rings. The van der Waals surface area contributed by atoms with E-state index in [-0.39, 0.29) is 11.9 Å². The third kappa shape index (κ3) is 4.06. The largest absolute Gasteiger partial charge is 0.486 e. The van der Waals surface area contributed by atoms with Gasteiger partial charge in [-0.3, -0.25) is 4.79 Å². The lowest BCUT2D eigenvalue weighted by Gasteiger charge is -2.20. The van der Waals surface area contributed by atoms with Crippen LogP contribution in [-0.2, 0) is 4.79 Å². The Kier molecular flexibility index (Phi) is 4.88. The van der Waals surface area contributed by atoms with E-state index in [0.717, 1.165) is 21.9 Å². The molecular formula is C17H16ClNO3S. The summed E-state index contributed by atoms with van der Waals surface area (Å²) < 4.78 is 11.8. The van der Waals surface area contributed by atoms with E-state index in [4.69, 9.17) is 21.1 Å². The number of halogens is 1. The van der Waals surface area contributed by atoms with E-state index in [1.165, 1.54) is 17.4 Å². The molecule has 0 radical (unpaired) electrons. The molecule has 2 aromatic rings. The van der Waals surface area contributed by atoms with Crippen LogP contribution in [0.25, 0.3) is 6.08 Å². The number of fused-ring (bicyclic) bond motifs is 1. The van der Waals surface area contributed by atoms with E-state index in [1.54, 1.807) is 6.08 Å². The van der Waals surface area contributed by atoms with Gasteiger partial charge in [0.2, 0.25) is 5.91 Å². The van der Waals surface area contributed by atoms with Gasteiger partial charge in [0.1, 0.15) is 13.2 Å². The van der Waals surface area contributed by atoms with Gasteiger partial charge in [0.25, 0.3) is 0 Å². The minimum Gasteiger partial charge on any atom is -0.486 e. The molecule has 23 heavy (non-hydrogen) atoms. The molecule has 1 N–H and O–H groups in total. The Morgan fingerprint density at radius 2 is 2.04 bits per heavy atom. The second-order valence-corrected chi connectivity index (χ2v) is 6.86. The summed E-state index contributed by atoms with van der Waals surface area (Å²) in [5, 5.41) is 2.93. The van der Waals surface area contributed by atoms with Gasteiger partial charge >= 0.3 is 0 Å². The number of thiophene rings is 1. The number of carbonyl (C=O) groups excluding carboxylic acids is 1. The molecule has 0 aliphatic carbocycles. The van der Waals surface area contributed by atoms with Crippen molar-refractivity contribution in [1.82, 2.24) is 5.32 Å². The summed E-state index contributed by atoms with van der Waals surface area (Å²) in [5.74, 6) is 1.31. The molecule has 1 amide bonds. The highest BCUT2D eigenvalue weighted by Gasteiger charge is 2.15. The van der Waals surface area contributed by atoms with E-state index < -0.39 is 0 Å². The van der Waals surface area contributed by atoms with Crippen LogP contribution in [0.1, 0.15) is 23.4 Å². The third-order valence-electron chi connectivity index (χ3n) is 3.42. The fraction of sp³-hybridized carbons (Fsp3) is 0.235. The van der Waals surface area contributed by atoms with E-state index in [2.05, 4.69) is 5.32 Å². The van der Waals surface area contributed by atoms with E-state index >= 15 is 0 Å². The third-order valence-corrected chi connectivity index (χ3v) is 4.61. The number of amides is 1. The number of hydrogen-bond acceptors (Lipinski definition) is 4. The maximum absolute atomic E-state index is 12.0. The van der Waals surface area contributed by atoms with Crippen LogP contribution in [0.15, 0.2) is 36.4 Å². The fourth-order valence-electron chi connectivity index (χ4n) is 2.25. The highest BCUT2D eigenvalue weighted by Crippen LogP contribution is 2.32. The topological polar surface area (TPSA) is 47.6 Å². The SMILES string of the molecule is CC(NC(=O)/C=C/c1ccc(Cl)s1)c1ccc2c(c1)OCCO2. The maximum atomic E-state index is 12.0. The smallest absolute Gasteiger partial charge is 0.244 e. The summed E-state index contributed by atoms with van der Waals surface area (Å²) in [7, 11) is 0. The van der Waals surface area contributed by atoms with Crippen molar-refractivity contribution in [1.29, 1.82) is 0 Å². The number of hydrogen-bond donors (Lipinski definition) is 1.